The standard InChI is InChI=1S/C19H18N2/c1-4-9-21-18-7-5-14(12-20)10-16(18)17-11-15(13(2)3)6-8-19(17)21/h5-8,10-11H,2,4,9H2,1,3H3. The Hall–Kier alpha value is -2.53. The van der Waals surface area contributed by atoms with E-state index in [1.165, 1.54) is 16.4 Å². The van der Waals surface area contributed by atoms with Crippen molar-refractivity contribution in [2.45, 2.75) is 26.8 Å². The highest BCUT2D eigenvalue weighted by Crippen LogP contribution is 2.32. The Labute approximate surface area is 124 Å². The van der Waals surface area contributed by atoms with E-state index in [0.717, 1.165) is 29.5 Å². The fourth-order valence-corrected chi connectivity index (χ4v) is 2.90. The zero-order valence-electron chi connectivity index (χ0n) is 12.5. The first kappa shape index (κ1) is 13.5. The lowest BCUT2D eigenvalue weighted by Gasteiger charge is -2.05. The van der Waals surface area contributed by atoms with Crippen molar-refractivity contribution in [2.24, 2.45) is 0 Å². The van der Waals surface area contributed by atoms with Gasteiger partial charge in [-0.1, -0.05) is 25.1 Å². The molecule has 0 amide bonds. The molecule has 0 saturated heterocycles. The molecule has 1 heterocycles. The van der Waals surface area contributed by atoms with Gasteiger partial charge in [0.1, 0.15) is 0 Å². The first-order chi connectivity index (χ1) is 10.2. The van der Waals surface area contributed by atoms with Crippen molar-refractivity contribution < 1.29 is 0 Å². The first-order valence-electron chi connectivity index (χ1n) is 7.27. The number of aryl methyl sites for hydroxylation is 1. The molecule has 0 unspecified atom stereocenters. The predicted molar refractivity (Wildman–Crippen MR) is 89.2 cm³/mol. The van der Waals surface area contributed by atoms with Gasteiger partial charge in [-0.3, -0.25) is 0 Å². The largest absolute Gasteiger partial charge is 0.340 e. The normalized spacial score (nSPS) is 10.9. The minimum Gasteiger partial charge on any atom is -0.340 e. The Kier molecular flexibility index (Phi) is 3.27. The molecule has 0 fully saturated rings. The van der Waals surface area contributed by atoms with Crippen LogP contribution in [-0.4, -0.2) is 4.57 Å². The summed E-state index contributed by atoms with van der Waals surface area (Å²) < 4.78 is 2.34. The van der Waals surface area contributed by atoms with Crippen LogP contribution < -0.4 is 0 Å². The third-order valence-corrected chi connectivity index (χ3v) is 3.93. The van der Waals surface area contributed by atoms with E-state index in [0.29, 0.717) is 5.56 Å². The Morgan fingerprint density at radius 2 is 1.81 bits per heavy atom. The Balaban J connectivity index is 2.43. The van der Waals surface area contributed by atoms with E-state index >= 15 is 0 Å². The summed E-state index contributed by atoms with van der Waals surface area (Å²) in [6.07, 6.45) is 1.08. The highest BCUT2D eigenvalue weighted by atomic mass is 15.0. The van der Waals surface area contributed by atoms with Crippen molar-refractivity contribution in [1.29, 1.82) is 5.26 Å². The molecular formula is C19H18N2. The predicted octanol–water partition coefficient (Wildman–Crippen LogP) is 5.11. The van der Waals surface area contributed by atoms with E-state index in [1.54, 1.807) is 0 Å². The number of aromatic nitrogens is 1. The van der Waals surface area contributed by atoms with Crippen LogP contribution in [0.2, 0.25) is 0 Å². The number of hydrogen-bond acceptors (Lipinski definition) is 1. The average Bonchev–Trinajstić information content (AvgIpc) is 2.80. The van der Waals surface area contributed by atoms with Crippen LogP contribution in [0.1, 0.15) is 31.4 Å². The summed E-state index contributed by atoms with van der Waals surface area (Å²) in [5.41, 5.74) is 5.35. The van der Waals surface area contributed by atoms with Gasteiger partial charge in [-0.15, -0.1) is 0 Å². The second kappa shape index (κ2) is 5.10. The Morgan fingerprint density at radius 1 is 1.14 bits per heavy atom. The summed E-state index contributed by atoms with van der Waals surface area (Å²) in [6, 6.07) is 14.7. The lowest BCUT2D eigenvalue weighted by atomic mass is 10.0. The minimum absolute atomic E-state index is 0.707. The lowest BCUT2D eigenvalue weighted by molar-refractivity contribution is 0.724. The van der Waals surface area contributed by atoms with Crippen LogP contribution in [0.4, 0.5) is 0 Å². The summed E-state index contributed by atoms with van der Waals surface area (Å²) in [6.45, 7) is 9.22. The van der Waals surface area contributed by atoms with E-state index in [-0.39, 0.29) is 0 Å². The van der Waals surface area contributed by atoms with Crippen molar-refractivity contribution >= 4 is 27.4 Å². The van der Waals surface area contributed by atoms with Crippen LogP contribution in [0, 0.1) is 11.3 Å². The summed E-state index contributed by atoms with van der Waals surface area (Å²) >= 11 is 0. The third-order valence-electron chi connectivity index (χ3n) is 3.93. The molecule has 2 aromatic carbocycles. The molecule has 0 atom stereocenters. The molecule has 0 bridgehead atoms. The summed E-state index contributed by atoms with van der Waals surface area (Å²) in [5.74, 6) is 0. The summed E-state index contributed by atoms with van der Waals surface area (Å²) in [7, 11) is 0. The molecule has 2 nitrogen and oxygen atoms in total. The number of hydrogen-bond donors (Lipinski definition) is 0. The van der Waals surface area contributed by atoms with Gasteiger partial charge in [-0.05, 0) is 49.2 Å². The van der Waals surface area contributed by atoms with Crippen molar-refractivity contribution in [3.63, 3.8) is 0 Å². The molecule has 0 aliphatic carbocycles. The number of fused-ring (bicyclic) bond motifs is 3. The maximum Gasteiger partial charge on any atom is 0.0991 e. The average molecular weight is 274 g/mol. The Bertz CT molecular complexity index is 891. The van der Waals surface area contributed by atoms with Gasteiger partial charge in [0, 0.05) is 28.4 Å². The number of nitriles is 1. The van der Waals surface area contributed by atoms with E-state index < -0.39 is 0 Å². The summed E-state index contributed by atoms with van der Waals surface area (Å²) in [5, 5.41) is 11.5. The number of nitrogens with zero attached hydrogens (tertiary/aromatic N) is 2. The van der Waals surface area contributed by atoms with E-state index in [4.69, 9.17) is 5.26 Å². The second-order valence-corrected chi connectivity index (χ2v) is 5.51. The van der Waals surface area contributed by atoms with Crippen LogP contribution in [0.25, 0.3) is 27.4 Å². The van der Waals surface area contributed by atoms with Gasteiger partial charge < -0.3 is 4.57 Å². The number of allylic oxidation sites excluding steroid dienone is 1. The molecule has 0 N–H and O–H groups in total. The highest BCUT2D eigenvalue weighted by Gasteiger charge is 2.11. The molecule has 0 radical (unpaired) electrons. The monoisotopic (exact) mass is 274 g/mol. The van der Waals surface area contributed by atoms with Gasteiger partial charge in [0.25, 0.3) is 0 Å². The molecule has 0 spiro atoms. The van der Waals surface area contributed by atoms with Crippen LogP contribution in [0.3, 0.4) is 0 Å². The smallest absolute Gasteiger partial charge is 0.0991 e. The number of benzene rings is 2. The van der Waals surface area contributed by atoms with Gasteiger partial charge in [-0.2, -0.15) is 5.26 Å². The minimum atomic E-state index is 0.707. The van der Waals surface area contributed by atoms with Gasteiger partial charge in [0.05, 0.1) is 11.6 Å². The maximum atomic E-state index is 9.15. The zero-order valence-corrected chi connectivity index (χ0v) is 12.5. The maximum absolute atomic E-state index is 9.15. The van der Waals surface area contributed by atoms with E-state index in [2.05, 4.69) is 48.4 Å². The first-order valence-corrected chi connectivity index (χ1v) is 7.27. The topological polar surface area (TPSA) is 28.7 Å². The van der Waals surface area contributed by atoms with Gasteiger partial charge >= 0.3 is 0 Å². The van der Waals surface area contributed by atoms with Crippen molar-refractivity contribution in [2.75, 3.05) is 0 Å². The van der Waals surface area contributed by atoms with Crippen LogP contribution in [0.15, 0.2) is 43.0 Å². The van der Waals surface area contributed by atoms with Crippen LogP contribution in [0.5, 0.6) is 0 Å². The van der Waals surface area contributed by atoms with Gasteiger partial charge in [-0.25, -0.2) is 0 Å². The zero-order chi connectivity index (χ0) is 15.0. The van der Waals surface area contributed by atoms with Gasteiger partial charge in [0.15, 0.2) is 0 Å². The van der Waals surface area contributed by atoms with Crippen molar-refractivity contribution in [1.82, 2.24) is 4.57 Å². The molecular weight excluding hydrogens is 256 g/mol. The molecule has 2 heteroatoms. The summed E-state index contributed by atoms with van der Waals surface area (Å²) in [4.78, 5) is 0. The Morgan fingerprint density at radius 3 is 2.43 bits per heavy atom. The molecule has 104 valence electrons. The fourth-order valence-electron chi connectivity index (χ4n) is 2.90. The number of rotatable bonds is 3. The molecule has 0 aliphatic rings. The molecule has 0 aliphatic heterocycles. The molecule has 3 rings (SSSR count). The molecule has 0 saturated carbocycles. The fraction of sp³-hybridized carbons (Fsp3) is 0.211. The SMILES string of the molecule is C=C(C)c1ccc2c(c1)c1cc(C#N)ccc1n2CCC. The quantitative estimate of drug-likeness (QED) is 0.652. The van der Waals surface area contributed by atoms with E-state index in [9.17, 15) is 0 Å². The van der Waals surface area contributed by atoms with Gasteiger partial charge in [0.2, 0.25) is 0 Å². The highest BCUT2D eigenvalue weighted by molar-refractivity contribution is 6.09. The lowest BCUT2D eigenvalue weighted by Crippen LogP contribution is -1.95. The van der Waals surface area contributed by atoms with Crippen LogP contribution in [-0.2, 0) is 6.54 Å². The second-order valence-electron chi connectivity index (χ2n) is 5.51. The van der Waals surface area contributed by atoms with E-state index in [1.807, 2.05) is 19.1 Å². The van der Waals surface area contributed by atoms with Crippen LogP contribution >= 0.6 is 0 Å². The molecule has 3 aromatic rings. The molecule has 1 aromatic heterocycles. The molecule has 21 heavy (non-hydrogen) atoms. The van der Waals surface area contributed by atoms with Crippen molar-refractivity contribution in [3.8, 4) is 6.07 Å². The van der Waals surface area contributed by atoms with Crippen molar-refractivity contribution in [3.05, 3.63) is 54.1 Å². The third kappa shape index (κ3) is 2.11.